The summed E-state index contributed by atoms with van der Waals surface area (Å²) in [4.78, 5) is 15.7. The Hall–Kier alpha value is -1.37. The van der Waals surface area contributed by atoms with Crippen molar-refractivity contribution in [2.75, 3.05) is 40.5 Å². The van der Waals surface area contributed by atoms with Gasteiger partial charge in [0.1, 0.15) is 18.1 Å². The Morgan fingerprint density at radius 3 is 2.84 bits per heavy atom. The van der Waals surface area contributed by atoms with Crippen LogP contribution in [-0.2, 0) is 27.2 Å². The molecule has 0 bridgehead atoms. The normalized spacial score (nSPS) is 26.6. The van der Waals surface area contributed by atoms with Gasteiger partial charge in [-0.3, -0.25) is 9.69 Å². The molecule has 140 valence electrons. The lowest BCUT2D eigenvalue weighted by molar-refractivity contribution is -0.134. The van der Waals surface area contributed by atoms with Gasteiger partial charge in [0.2, 0.25) is 5.91 Å². The first-order chi connectivity index (χ1) is 12.1. The van der Waals surface area contributed by atoms with E-state index in [1.807, 2.05) is 0 Å². The molecule has 1 aromatic rings. The van der Waals surface area contributed by atoms with Gasteiger partial charge in [-0.15, -0.1) is 0 Å². The van der Waals surface area contributed by atoms with Crippen LogP contribution >= 0.6 is 0 Å². The summed E-state index contributed by atoms with van der Waals surface area (Å²) in [5, 5.41) is 0. The van der Waals surface area contributed by atoms with Crippen LogP contribution in [0.1, 0.15) is 31.3 Å². The number of hydrogen-bond donors (Lipinski definition) is 0. The lowest BCUT2D eigenvalue weighted by Crippen LogP contribution is -2.47. The summed E-state index contributed by atoms with van der Waals surface area (Å²) in [6.07, 6.45) is 3.27. The Kier molecular flexibility index (Phi) is 6.15. The third-order valence-electron chi connectivity index (χ3n) is 5.25. The molecule has 1 amide bonds. The largest absolute Gasteiger partial charge is 0.465 e. The van der Waals surface area contributed by atoms with Crippen LogP contribution in [0.3, 0.4) is 0 Å². The van der Waals surface area contributed by atoms with Gasteiger partial charge in [-0.2, -0.15) is 0 Å². The zero-order chi connectivity index (χ0) is 17.8. The number of hydrogen-bond acceptors (Lipinski definition) is 5. The summed E-state index contributed by atoms with van der Waals surface area (Å²) < 4.78 is 17.5. The van der Waals surface area contributed by atoms with Crippen LogP contribution in [-0.4, -0.2) is 68.3 Å². The number of rotatable bonds is 7. The number of carbonyl (C=O) groups excluding carboxylic acids is 1. The van der Waals surface area contributed by atoms with Crippen molar-refractivity contribution in [1.82, 2.24) is 9.80 Å². The van der Waals surface area contributed by atoms with E-state index in [0.717, 1.165) is 50.5 Å². The molecular weight excluding hydrogens is 320 g/mol. The first-order valence-corrected chi connectivity index (χ1v) is 9.28. The Bertz CT molecular complexity index is 572. The minimum Gasteiger partial charge on any atom is -0.465 e. The maximum atomic E-state index is 11.6. The molecule has 1 saturated carbocycles. The highest BCUT2D eigenvalue weighted by Crippen LogP contribution is 2.35. The molecule has 1 saturated heterocycles. The van der Waals surface area contributed by atoms with Gasteiger partial charge in [0, 0.05) is 33.1 Å². The summed E-state index contributed by atoms with van der Waals surface area (Å²) in [5.41, 5.74) is 0. The van der Waals surface area contributed by atoms with Gasteiger partial charge >= 0.3 is 0 Å². The molecule has 2 heterocycles. The Morgan fingerprint density at radius 2 is 2.12 bits per heavy atom. The minimum atomic E-state index is 0.0119. The number of furan rings is 1. The predicted molar refractivity (Wildman–Crippen MR) is 94.3 cm³/mol. The first kappa shape index (κ1) is 18.4. The van der Waals surface area contributed by atoms with Crippen molar-refractivity contribution in [1.29, 1.82) is 0 Å². The van der Waals surface area contributed by atoms with Gasteiger partial charge in [-0.05, 0) is 30.9 Å². The van der Waals surface area contributed by atoms with E-state index in [9.17, 15) is 4.79 Å². The lowest BCUT2D eigenvalue weighted by Gasteiger charge is -2.37. The smallest absolute Gasteiger partial charge is 0.248 e. The fourth-order valence-electron chi connectivity index (χ4n) is 3.80. The number of ether oxygens (including phenoxy) is 2. The molecule has 3 atom stereocenters. The summed E-state index contributed by atoms with van der Waals surface area (Å²) in [6.45, 7) is 5.46. The van der Waals surface area contributed by atoms with Gasteiger partial charge in [0.05, 0.1) is 25.9 Å². The highest BCUT2D eigenvalue weighted by Gasteiger charge is 2.41. The zero-order valence-electron chi connectivity index (χ0n) is 15.6. The third kappa shape index (κ3) is 4.63. The van der Waals surface area contributed by atoms with Crippen molar-refractivity contribution in [3.63, 3.8) is 0 Å². The monoisotopic (exact) mass is 350 g/mol. The molecular formula is C19H30N2O4. The Balaban J connectivity index is 1.50. The molecule has 1 unspecified atom stereocenters. The second-order valence-electron chi connectivity index (χ2n) is 7.31. The van der Waals surface area contributed by atoms with Crippen molar-refractivity contribution >= 4 is 5.91 Å². The number of carbonyl (C=O) groups is 1. The average Bonchev–Trinajstić information content (AvgIpc) is 3.21. The van der Waals surface area contributed by atoms with E-state index in [0.29, 0.717) is 18.6 Å². The van der Waals surface area contributed by atoms with E-state index in [2.05, 4.69) is 24.0 Å². The van der Waals surface area contributed by atoms with Crippen molar-refractivity contribution in [2.24, 2.45) is 5.92 Å². The van der Waals surface area contributed by atoms with Crippen molar-refractivity contribution in [2.45, 2.75) is 44.9 Å². The number of fused-ring (bicyclic) bond motifs is 1. The molecule has 6 heteroatoms. The van der Waals surface area contributed by atoms with Crippen molar-refractivity contribution < 1.29 is 18.7 Å². The van der Waals surface area contributed by atoms with E-state index < -0.39 is 0 Å². The van der Waals surface area contributed by atoms with Crippen LogP contribution < -0.4 is 0 Å². The summed E-state index contributed by atoms with van der Waals surface area (Å²) in [6, 6.07) is 4.58. The number of morpholine rings is 1. The van der Waals surface area contributed by atoms with Crippen molar-refractivity contribution in [3.8, 4) is 0 Å². The molecule has 1 aliphatic heterocycles. The second-order valence-corrected chi connectivity index (χ2v) is 7.31. The summed E-state index contributed by atoms with van der Waals surface area (Å²) in [7, 11) is 3.50. The molecule has 2 fully saturated rings. The lowest BCUT2D eigenvalue weighted by atomic mass is 10.1. The van der Waals surface area contributed by atoms with Gasteiger partial charge < -0.3 is 18.8 Å². The van der Waals surface area contributed by atoms with Gasteiger partial charge in [-0.25, -0.2) is 0 Å². The standard InChI is InChI=1S/C19H30N2O4/c1-4-15-5-6-16(25-15)11-21-7-8-24-18-10-14(9-17(18)21)12-23-13-19(22)20(2)3/h5-6,14,17-18H,4,7-13H2,1-3H3/t14?,17-,18-/m0/s1. The fraction of sp³-hybridized carbons (Fsp3) is 0.737. The highest BCUT2D eigenvalue weighted by molar-refractivity contribution is 5.76. The van der Waals surface area contributed by atoms with E-state index in [4.69, 9.17) is 13.9 Å². The SMILES string of the molecule is CCc1ccc(CN2CCO[C@H]3CC(COCC(=O)N(C)C)C[C@@H]32)o1. The minimum absolute atomic E-state index is 0.0119. The van der Waals surface area contributed by atoms with Crippen LogP contribution in [0, 0.1) is 5.92 Å². The van der Waals surface area contributed by atoms with Gasteiger partial charge in [0.15, 0.2) is 0 Å². The van der Waals surface area contributed by atoms with Gasteiger partial charge in [-0.1, -0.05) is 6.92 Å². The first-order valence-electron chi connectivity index (χ1n) is 9.28. The summed E-state index contributed by atoms with van der Waals surface area (Å²) >= 11 is 0. The average molecular weight is 350 g/mol. The zero-order valence-corrected chi connectivity index (χ0v) is 15.6. The molecule has 0 spiro atoms. The molecule has 0 N–H and O–H groups in total. The van der Waals surface area contributed by atoms with Crippen LogP contribution in [0.4, 0.5) is 0 Å². The number of amides is 1. The topological polar surface area (TPSA) is 55.2 Å². The molecule has 0 aromatic carbocycles. The van der Waals surface area contributed by atoms with Gasteiger partial charge in [0.25, 0.3) is 0 Å². The fourth-order valence-corrected chi connectivity index (χ4v) is 3.80. The van der Waals surface area contributed by atoms with Crippen LogP contribution in [0.5, 0.6) is 0 Å². The van der Waals surface area contributed by atoms with E-state index >= 15 is 0 Å². The maximum absolute atomic E-state index is 11.6. The third-order valence-corrected chi connectivity index (χ3v) is 5.25. The highest BCUT2D eigenvalue weighted by atomic mass is 16.5. The summed E-state index contributed by atoms with van der Waals surface area (Å²) in [5.74, 6) is 2.54. The maximum Gasteiger partial charge on any atom is 0.248 e. The number of likely N-dealkylation sites (N-methyl/N-ethyl adjacent to an activating group) is 1. The van der Waals surface area contributed by atoms with E-state index in [1.165, 1.54) is 0 Å². The number of aryl methyl sites for hydroxylation is 1. The molecule has 6 nitrogen and oxygen atoms in total. The Labute approximate surface area is 150 Å². The van der Waals surface area contributed by atoms with E-state index in [-0.39, 0.29) is 18.6 Å². The second kappa shape index (κ2) is 8.34. The van der Waals surface area contributed by atoms with Crippen molar-refractivity contribution in [3.05, 3.63) is 23.7 Å². The van der Waals surface area contributed by atoms with Crippen LogP contribution in [0.2, 0.25) is 0 Å². The molecule has 25 heavy (non-hydrogen) atoms. The van der Waals surface area contributed by atoms with E-state index in [1.54, 1.807) is 19.0 Å². The molecule has 1 aliphatic carbocycles. The van der Waals surface area contributed by atoms with Crippen LogP contribution in [0.25, 0.3) is 0 Å². The predicted octanol–water partition coefficient (Wildman–Crippen LogP) is 1.93. The molecule has 0 radical (unpaired) electrons. The van der Waals surface area contributed by atoms with Crippen LogP contribution in [0.15, 0.2) is 16.5 Å². The number of nitrogens with zero attached hydrogens (tertiary/aromatic N) is 2. The molecule has 2 aliphatic rings. The molecule has 3 rings (SSSR count). The molecule has 1 aromatic heterocycles. The quantitative estimate of drug-likeness (QED) is 0.752. The Morgan fingerprint density at radius 1 is 1.32 bits per heavy atom.